The first-order chi connectivity index (χ1) is 8.83. The molecular weight excluding hydrogens is 226 g/mol. The van der Waals surface area contributed by atoms with E-state index in [2.05, 4.69) is 17.4 Å². The molecule has 18 heavy (non-hydrogen) atoms. The second-order valence-corrected chi connectivity index (χ2v) is 4.95. The van der Waals surface area contributed by atoms with E-state index in [0.29, 0.717) is 6.04 Å². The highest BCUT2D eigenvalue weighted by Gasteiger charge is 2.30. The predicted octanol–water partition coefficient (Wildman–Crippen LogP) is 2.25. The molecule has 0 amide bonds. The van der Waals surface area contributed by atoms with Crippen molar-refractivity contribution in [1.82, 2.24) is 5.32 Å². The van der Waals surface area contributed by atoms with Gasteiger partial charge in [0.1, 0.15) is 5.75 Å². The lowest BCUT2D eigenvalue weighted by atomic mass is 10.1. The van der Waals surface area contributed by atoms with Gasteiger partial charge in [0.25, 0.3) is 0 Å². The Labute approximate surface area is 109 Å². The van der Waals surface area contributed by atoms with Crippen LogP contribution in [0.1, 0.15) is 18.4 Å². The maximum absolute atomic E-state index is 5.26. The number of hydrogen-bond donors (Lipinski definition) is 1. The number of nitrogens with one attached hydrogen (secondary N) is 1. The molecule has 0 bridgehead atoms. The summed E-state index contributed by atoms with van der Waals surface area (Å²) in [6, 6.07) is 8.82. The van der Waals surface area contributed by atoms with Crippen molar-refractivity contribution in [3.8, 4) is 5.75 Å². The Kier molecular flexibility index (Phi) is 5.02. The molecule has 0 aliphatic heterocycles. The van der Waals surface area contributed by atoms with E-state index in [4.69, 9.17) is 9.47 Å². The Bertz CT molecular complexity index is 346. The van der Waals surface area contributed by atoms with Gasteiger partial charge in [-0.1, -0.05) is 12.1 Å². The molecule has 0 heterocycles. The van der Waals surface area contributed by atoms with Gasteiger partial charge in [0.2, 0.25) is 0 Å². The molecule has 3 heteroatoms. The van der Waals surface area contributed by atoms with Gasteiger partial charge in [0.05, 0.1) is 13.7 Å². The largest absolute Gasteiger partial charge is 0.497 e. The second kappa shape index (κ2) is 6.76. The first-order valence-corrected chi connectivity index (χ1v) is 6.68. The number of rotatable bonds is 8. The van der Waals surface area contributed by atoms with Crippen molar-refractivity contribution in [2.24, 2.45) is 5.92 Å². The van der Waals surface area contributed by atoms with Gasteiger partial charge in [-0.25, -0.2) is 0 Å². The lowest BCUT2D eigenvalue weighted by molar-refractivity contribution is 0.158. The van der Waals surface area contributed by atoms with E-state index >= 15 is 0 Å². The SMILES string of the molecule is COCC(NCCc1ccc(OC)cc1)C1CC1. The monoisotopic (exact) mass is 249 g/mol. The van der Waals surface area contributed by atoms with Gasteiger partial charge < -0.3 is 14.8 Å². The van der Waals surface area contributed by atoms with Crippen LogP contribution in [0.2, 0.25) is 0 Å². The van der Waals surface area contributed by atoms with Crippen LogP contribution in [-0.2, 0) is 11.2 Å². The normalized spacial score (nSPS) is 16.6. The summed E-state index contributed by atoms with van der Waals surface area (Å²) in [5.41, 5.74) is 1.34. The molecule has 1 atom stereocenters. The summed E-state index contributed by atoms with van der Waals surface area (Å²) in [6.07, 6.45) is 3.75. The molecule has 1 saturated carbocycles. The predicted molar refractivity (Wildman–Crippen MR) is 73.1 cm³/mol. The van der Waals surface area contributed by atoms with Crippen molar-refractivity contribution < 1.29 is 9.47 Å². The van der Waals surface area contributed by atoms with Gasteiger partial charge in [-0.2, -0.15) is 0 Å². The Morgan fingerprint density at radius 3 is 2.50 bits per heavy atom. The van der Waals surface area contributed by atoms with Crippen molar-refractivity contribution >= 4 is 0 Å². The summed E-state index contributed by atoms with van der Waals surface area (Å²) < 4.78 is 10.4. The minimum absolute atomic E-state index is 0.535. The quantitative estimate of drug-likeness (QED) is 0.766. The third-order valence-corrected chi connectivity index (χ3v) is 3.52. The third kappa shape index (κ3) is 4.00. The van der Waals surface area contributed by atoms with Crippen LogP contribution in [0.5, 0.6) is 5.75 Å². The van der Waals surface area contributed by atoms with Crippen LogP contribution >= 0.6 is 0 Å². The van der Waals surface area contributed by atoms with E-state index in [1.165, 1.54) is 18.4 Å². The number of ether oxygens (including phenoxy) is 2. The molecule has 0 saturated heterocycles. The summed E-state index contributed by atoms with van der Waals surface area (Å²) in [7, 11) is 3.47. The molecule has 0 radical (unpaired) electrons. The molecule has 1 fully saturated rings. The molecule has 0 spiro atoms. The van der Waals surface area contributed by atoms with E-state index in [-0.39, 0.29) is 0 Å². The van der Waals surface area contributed by atoms with Crippen LogP contribution < -0.4 is 10.1 Å². The van der Waals surface area contributed by atoms with Crippen LogP contribution in [0.25, 0.3) is 0 Å². The highest BCUT2D eigenvalue weighted by molar-refractivity contribution is 5.27. The molecule has 3 nitrogen and oxygen atoms in total. The number of methoxy groups -OCH3 is 2. The van der Waals surface area contributed by atoms with E-state index in [1.54, 1.807) is 14.2 Å². The van der Waals surface area contributed by atoms with Gasteiger partial charge in [-0.15, -0.1) is 0 Å². The molecule has 1 unspecified atom stereocenters. The minimum atomic E-state index is 0.535. The first kappa shape index (κ1) is 13.4. The summed E-state index contributed by atoms with van der Waals surface area (Å²) in [6.45, 7) is 1.84. The van der Waals surface area contributed by atoms with Crippen LogP contribution in [0.3, 0.4) is 0 Å². The molecule has 1 aliphatic carbocycles. The Morgan fingerprint density at radius 1 is 1.22 bits per heavy atom. The lowest BCUT2D eigenvalue weighted by Gasteiger charge is -2.17. The molecular formula is C15H23NO2. The number of benzene rings is 1. The van der Waals surface area contributed by atoms with Gasteiger partial charge in [-0.3, -0.25) is 0 Å². The summed E-state index contributed by atoms with van der Waals surface area (Å²) in [5.74, 6) is 1.75. The fourth-order valence-corrected chi connectivity index (χ4v) is 2.23. The first-order valence-electron chi connectivity index (χ1n) is 6.68. The second-order valence-electron chi connectivity index (χ2n) is 4.95. The number of hydrogen-bond acceptors (Lipinski definition) is 3. The Balaban J connectivity index is 1.72. The van der Waals surface area contributed by atoms with Gasteiger partial charge in [0, 0.05) is 13.2 Å². The summed E-state index contributed by atoms with van der Waals surface area (Å²) in [5, 5.41) is 3.60. The van der Waals surface area contributed by atoms with Crippen molar-refractivity contribution in [2.75, 3.05) is 27.4 Å². The van der Waals surface area contributed by atoms with Gasteiger partial charge in [-0.05, 0) is 49.4 Å². The van der Waals surface area contributed by atoms with Crippen molar-refractivity contribution in [2.45, 2.75) is 25.3 Å². The zero-order valence-corrected chi connectivity index (χ0v) is 11.3. The third-order valence-electron chi connectivity index (χ3n) is 3.52. The maximum atomic E-state index is 5.26. The molecule has 1 aliphatic rings. The van der Waals surface area contributed by atoms with Crippen LogP contribution in [0, 0.1) is 5.92 Å². The molecule has 2 rings (SSSR count). The van der Waals surface area contributed by atoms with E-state index in [0.717, 1.165) is 31.2 Å². The average Bonchev–Trinajstić information content (AvgIpc) is 3.23. The Morgan fingerprint density at radius 2 is 1.94 bits per heavy atom. The lowest BCUT2D eigenvalue weighted by Crippen LogP contribution is -2.36. The van der Waals surface area contributed by atoms with Crippen molar-refractivity contribution in [3.63, 3.8) is 0 Å². The van der Waals surface area contributed by atoms with Crippen LogP contribution in [0.4, 0.5) is 0 Å². The van der Waals surface area contributed by atoms with E-state index in [9.17, 15) is 0 Å². The highest BCUT2D eigenvalue weighted by atomic mass is 16.5. The summed E-state index contributed by atoms with van der Waals surface area (Å²) >= 11 is 0. The fraction of sp³-hybridized carbons (Fsp3) is 0.600. The Hall–Kier alpha value is -1.06. The van der Waals surface area contributed by atoms with Crippen LogP contribution in [-0.4, -0.2) is 33.4 Å². The standard InChI is InChI=1S/C15H23NO2/c1-17-11-15(13-5-6-13)16-10-9-12-3-7-14(18-2)8-4-12/h3-4,7-8,13,15-16H,5-6,9-11H2,1-2H3. The molecule has 1 aromatic rings. The van der Waals surface area contributed by atoms with E-state index < -0.39 is 0 Å². The fourth-order valence-electron chi connectivity index (χ4n) is 2.23. The van der Waals surface area contributed by atoms with Crippen LogP contribution in [0.15, 0.2) is 24.3 Å². The van der Waals surface area contributed by atoms with Gasteiger partial charge >= 0.3 is 0 Å². The smallest absolute Gasteiger partial charge is 0.118 e. The van der Waals surface area contributed by atoms with E-state index in [1.807, 2.05) is 12.1 Å². The zero-order chi connectivity index (χ0) is 12.8. The minimum Gasteiger partial charge on any atom is -0.497 e. The topological polar surface area (TPSA) is 30.5 Å². The molecule has 0 aromatic heterocycles. The molecule has 100 valence electrons. The maximum Gasteiger partial charge on any atom is 0.118 e. The van der Waals surface area contributed by atoms with Gasteiger partial charge in [0.15, 0.2) is 0 Å². The highest BCUT2D eigenvalue weighted by Crippen LogP contribution is 2.32. The summed E-state index contributed by atoms with van der Waals surface area (Å²) in [4.78, 5) is 0. The van der Waals surface area contributed by atoms with Crippen molar-refractivity contribution in [1.29, 1.82) is 0 Å². The molecule has 1 N–H and O–H groups in total. The molecule has 1 aromatic carbocycles. The van der Waals surface area contributed by atoms with Crippen molar-refractivity contribution in [3.05, 3.63) is 29.8 Å². The zero-order valence-electron chi connectivity index (χ0n) is 11.3. The average molecular weight is 249 g/mol.